The molecule has 1 saturated carbocycles. The highest BCUT2D eigenvalue weighted by Crippen LogP contribution is 2.59. The topological polar surface area (TPSA) is 161 Å². The molecule has 38 heteroatoms. The molecule has 4 unspecified atom stereocenters. The molecule has 14 nitrogen and oxygen atoms in total. The van der Waals surface area contributed by atoms with Crippen LogP contribution in [0.15, 0.2) is 50.6 Å². The Balaban J connectivity index is 3.58. The third-order valence-electron chi connectivity index (χ3n) is 9.25. The van der Waals surface area contributed by atoms with Crippen molar-refractivity contribution >= 4 is 23.9 Å². The molecule has 76 heavy (non-hydrogen) atoms. The number of carbonyl (C=O) groups excluding carboxylic acids is 4. The minimum Gasteiger partial charge on any atom is -0.456 e. The third kappa shape index (κ3) is 16.5. The maximum absolute atomic E-state index is 15.8. The molecule has 1 fully saturated rings. The SMILES string of the molecule is C=CC(=O)OCC(F)(F)C(F)(F)OCC(F)(COCC1(F)CCC(F)(COCC(F)(COC(F)(F)C(F)(F)COC(=O)C=C)OC(F)(F)C(F)(F)COC(=O)C=C)C(F)(F)C1(F)F)OC(F)(F)C(F)(F)COC(=O)C=C. The van der Waals surface area contributed by atoms with E-state index in [9.17, 15) is 89.4 Å². The summed E-state index contributed by atoms with van der Waals surface area (Å²) in [7, 11) is 0. The van der Waals surface area contributed by atoms with Gasteiger partial charge in [0.25, 0.3) is 11.7 Å². The summed E-state index contributed by atoms with van der Waals surface area (Å²) in [5.41, 5.74) is -10.6. The quantitative estimate of drug-likeness (QED) is 0.0260. The third-order valence-corrected chi connectivity index (χ3v) is 9.25. The molecule has 0 saturated heterocycles. The van der Waals surface area contributed by atoms with Gasteiger partial charge in [-0.1, -0.05) is 26.3 Å². The van der Waals surface area contributed by atoms with Crippen LogP contribution in [0, 0.1) is 0 Å². The summed E-state index contributed by atoms with van der Waals surface area (Å²) < 4.78 is 389. The Hall–Kier alpha value is -5.08. The van der Waals surface area contributed by atoms with Gasteiger partial charge in [-0.25, -0.2) is 36.7 Å². The molecule has 440 valence electrons. The number of hydrogen-bond donors (Lipinski definition) is 0. The van der Waals surface area contributed by atoms with Crippen molar-refractivity contribution in [1.82, 2.24) is 0 Å². The predicted octanol–water partition coefficient (Wildman–Crippen LogP) is 8.73. The van der Waals surface area contributed by atoms with Crippen LogP contribution >= 0.6 is 0 Å². The van der Waals surface area contributed by atoms with Crippen molar-refractivity contribution in [1.29, 1.82) is 0 Å². The van der Waals surface area contributed by atoms with Crippen molar-refractivity contribution < 1.29 is 172 Å². The van der Waals surface area contributed by atoms with E-state index >= 15 is 35.1 Å². The van der Waals surface area contributed by atoms with Crippen LogP contribution in [0.2, 0.25) is 0 Å². The molecule has 0 aromatic heterocycles. The smallest absolute Gasteiger partial charge is 0.425 e. The van der Waals surface area contributed by atoms with Crippen molar-refractivity contribution in [2.75, 3.05) is 66.1 Å². The van der Waals surface area contributed by atoms with Crippen molar-refractivity contribution in [2.45, 2.75) is 95.9 Å². The van der Waals surface area contributed by atoms with E-state index in [1.165, 1.54) is 0 Å². The van der Waals surface area contributed by atoms with E-state index in [4.69, 9.17) is 0 Å². The Morgan fingerprint density at radius 1 is 0.368 bits per heavy atom. The molecule has 0 radical (unpaired) electrons. The Bertz CT molecular complexity index is 1940. The molecule has 0 aromatic rings. The first kappa shape index (κ1) is 68.9. The number of carbonyl (C=O) groups is 4. The molecule has 0 amide bonds. The van der Waals surface area contributed by atoms with E-state index in [0.717, 1.165) is 0 Å². The zero-order chi connectivity index (χ0) is 59.7. The van der Waals surface area contributed by atoms with Gasteiger partial charge in [0, 0.05) is 24.3 Å². The monoisotopic (exact) mass is 1170 g/mol. The molecule has 0 heterocycles. The maximum Gasteiger partial charge on any atom is 0.425 e. The minimum atomic E-state index is -6.77. The van der Waals surface area contributed by atoms with E-state index < -0.39 is 186 Å². The fraction of sp³-hybridized carbons (Fsp3) is 0.684. The van der Waals surface area contributed by atoms with Gasteiger partial charge in [0.05, 0.1) is 13.2 Å². The summed E-state index contributed by atoms with van der Waals surface area (Å²) >= 11 is 0. The summed E-state index contributed by atoms with van der Waals surface area (Å²) in [5, 5.41) is 0. The molecule has 4 atom stereocenters. The fourth-order valence-corrected chi connectivity index (χ4v) is 4.97. The molecule has 0 aromatic carbocycles. The normalized spacial score (nSPS) is 21.3. The highest BCUT2D eigenvalue weighted by atomic mass is 19.4. The molecule has 0 bridgehead atoms. The highest BCUT2D eigenvalue weighted by Gasteiger charge is 2.81. The Kier molecular flexibility index (Phi) is 22.0. The lowest BCUT2D eigenvalue weighted by Gasteiger charge is -2.48. The van der Waals surface area contributed by atoms with Gasteiger partial charge in [-0.2, -0.15) is 87.8 Å². The van der Waals surface area contributed by atoms with E-state index in [-0.39, 0.29) is 24.3 Å². The number of halogens is 24. The summed E-state index contributed by atoms with van der Waals surface area (Å²) in [4.78, 5) is 44.2. The largest absolute Gasteiger partial charge is 0.456 e. The molecule has 0 spiro atoms. The van der Waals surface area contributed by atoms with Crippen molar-refractivity contribution in [2.24, 2.45) is 0 Å². The number of ether oxygens (including phenoxy) is 10. The van der Waals surface area contributed by atoms with Crippen molar-refractivity contribution in [3.63, 3.8) is 0 Å². The van der Waals surface area contributed by atoms with E-state index in [1.54, 1.807) is 0 Å². The lowest BCUT2D eigenvalue weighted by Crippen LogP contribution is -2.71. The van der Waals surface area contributed by atoms with Gasteiger partial charge in [0.15, 0.2) is 26.4 Å². The van der Waals surface area contributed by atoms with Gasteiger partial charge >= 0.3 is 83.8 Å². The van der Waals surface area contributed by atoms with Gasteiger partial charge in [0.1, 0.15) is 26.4 Å². The van der Waals surface area contributed by atoms with Crippen molar-refractivity contribution in [3.8, 4) is 0 Å². The van der Waals surface area contributed by atoms with E-state index in [1.807, 2.05) is 0 Å². The summed E-state index contributed by atoms with van der Waals surface area (Å²) in [6, 6.07) is 0. The van der Waals surface area contributed by atoms with Crippen LogP contribution in [0.3, 0.4) is 0 Å². The van der Waals surface area contributed by atoms with Gasteiger partial charge in [0.2, 0.25) is 11.3 Å². The average molecular weight is 1170 g/mol. The first-order chi connectivity index (χ1) is 34.0. The second kappa shape index (κ2) is 24.3. The fourth-order valence-electron chi connectivity index (χ4n) is 4.97. The number of hydrogen-bond acceptors (Lipinski definition) is 14. The lowest BCUT2D eigenvalue weighted by molar-refractivity contribution is -0.434. The molecule has 1 aliphatic rings. The molecular formula is C38H36F24O14. The summed E-state index contributed by atoms with van der Waals surface area (Å²) in [6.45, 7) is -19.0. The first-order valence-corrected chi connectivity index (χ1v) is 19.6. The maximum atomic E-state index is 15.8. The average Bonchev–Trinajstić information content (AvgIpc) is 3.30. The van der Waals surface area contributed by atoms with Gasteiger partial charge < -0.3 is 37.9 Å². The number of esters is 4. The Morgan fingerprint density at radius 3 is 0.816 bits per heavy atom. The van der Waals surface area contributed by atoms with Gasteiger partial charge in [-0.3, -0.25) is 9.47 Å². The van der Waals surface area contributed by atoms with Crippen LogP contribution in [-0.2, 0) is 66.5 Å². The summed E-state index contributed by atoms with van der Waals surface area (Å²) in [6.07, 6.45) is -30.4. The molecule has 1 rings (SSSR count). The Labute approximate surface area is 408 Å². The standard InChI is InChI=1S/C38H36F24O14/c1-5-21(63)69-17-29(43,44)35(55,56)73-15-27(41,75-37(59,60)31(47,48)19-71-23(65)7-3)13-67-11-25(39)9-10-26(40,34(53,54)33(25,51)52)12-68-14-28(42,76-38(61,62)32(49,50)20-72-24(66)8-4)16-74-36(57,58)30(45,46)18-70-22(64)6-2/h5-8H,1-4,9-20H2. The molecule has 0 N–H and O–H groups in total. The van der Waals surface area contributed by atoms with Crippen LogP contribution < -0.4 is 0 Å². The Morgan fingerprint density at radius 2 is 0.592 bits per heavy atom. The zero-order valence-corrected chi connectivity index (χ0v) is 37.4. The minimum absolute atomic E-state index is 0.0638. The van der Waals surface area contributed by atoms with Gasteiger partial charge in [-0.05, 0) is 12.8 Å². The van der Waals surface area contributed by atoms with Crippen LogP contribution in [0.5, 0.6) is 0 Å². The lowest BCUT2D eigenvalue weighted by atomic mass is 9.72. The molecule has 1 aliphatic carbocycles. The van der Waals surface area contributed by atoms with E-state index in [0.29, 0.717) is 0 Å². The summed E-state index contributed by atoms with van der Waals surface area (Å²) in [5.74, 6) is -55.8. The molecular weight excluding hydrogens is 1140 g/mol. The van der Waals surface area contributed by atoms with Crippen molar-refractivity contribution in [3.05, 3.63) is 50.6 Å². The number of alkyl halides is 24. The van der Waals surface area contributed by atoms with Gasteiger partial charge in [-0.15, -0.1) is 0 Å². The first-order valence-electron chi connectivity index (χ1n) is 19.6. The van der Waals surface area contributed by atoms with Crippen LogP contribution in [0.25, 0.3) is 0 Å². The second-order valence-corrected chi connectivity index (χ2v) is 15.2. The van der Waals surface area contributed by atoms with E-state index in [2.05, 4.69) is 73.7 Å². The van der Waals surface area contributed by atoms with Crippen LogP contribution in [0.4, 0.5) is 105 Å². The van der Waals surface area contributed by atoms with Crippen LogP contribution in [0.1, 0.15) is 12.8 Å². The predicted molar refractivity (Wildman–Crippen MR) is 194 cm³/mol. The number of rotatable bonds is 34. The van der Waals surface area contributed by atoms with Crippen LogP contribution in [-0.4, -0.2) is 173 Å². The second-order valence-electron chi connectivity index (χ2n) is 15.2. The molecule has 0 aliphatic heterocycles. The zero-order valence-electron chi connectivity index (χ0n) is 37.4. The highest BCUT2D eigenvalue weighted by molar-refractivity contribution is 5.82.